The van der Waals surface area contributed by atoms with Gasteiger partial charge in [-0.3, -0.25) is 4.21 Å². The van der Waals surface area contributed by atoms with E-state index >= 15 is 0 Å². The van der Waals surface area contributed by atoms with Gasteiger partial charge in [-0.2, -0.15) is 8.78 Å². The molecule has 0 bridgehead atoms. The molecule has 36 heavy (non-hydrogen) atoms. The van der Waals surface area contributed by atoms with Gasteiger partial charge in [0.05, 0.1) is 27.3 Å². The molecule has 2 N–H and O–H groups in total. The van der Waals surface area contributed by atoms with Gasteiger partial charge in [0.1, 0.15) is 0 Å². The number of alkyl halides is 3. The zero-order chi connectivity index (χ0) is 26.1. The van der Waals surface area contributed by atoms with Gasteiger partial charge in [0, 0.05) is 42.5 Å². The third-order valence-corrected chi connectivity index (χ3v) is 12.1. The van der Waals surface area contributed by atoms with E-state index in [4.69, 9.17) is 4.74 Å². The minimum Gasteiger partial charge on any atom is -0.381 e. The van der Waals surface area contributed by atoms with Crippen molar-refractivity contribution in [3.8, 4) is 0 Å². The Hall–Kier alpha value is -2.19. The molecule has 1 atom stereocenters. The average Bonchev–Trinajstić information content (AvgIpc) is 3.13. The lowest BCUT2D eigenvalue weighted by molar-refractivity contribution is 0.0903. The monoisotopic (exact) mass is 633 g/mol. The first kappa shape index (κ1) is 26.9. The Balaban J connectivity index is 1.40. The van der Waals surface area contributed by atoms with E-state index in [9.17, 15) is 17.8 Å². The van der Waals surface area contributed by atoms with Crippen LogP contribution in [0.2, 0.25) is 0 Å². The predicted octanol–water partition coefficient (Wildman–Crippen LogP) is 4.06. The quantitative estimate of drug-likeness (QED) is 0.272. The number of nitrogens with zero attached hydrogens (tertiary/aromatic N) is 3. The molecule has 0 aliphatic carbocycles. The maximum absolute atomic E-state index is 14.0. The van der Waals surface area contributed by atoms with Crippen LogP contribution in [0.25, 0.3) is 0 Å². The van der Waals surface area contributed by atoms with E-state index in [-0.39, 0.29) is 23.5 Å². The molecule has 0 spiro atoms. The Morgan fingerprint density at radius 3 is 2.61 bits per heavy atom. The van der Waals surface area contributed by atoms with Gasteiger partial charge in [-0.1, -0.05) is 16.6 Å². The molecule has 12 heteroatoms. The van der Waals surface area contributed by atoms with Gasteiger partial charge in [0.2, 0.25) is 5.95 Å². The highest BCUT2D eigenvalue weighted by Gasteiger charge is 2.42. The number of anilines is 1. The number of nitrogens with one attached hydrogen (secondary N) is 2. The molecule has 1 aromatic heterocycles. The Labute approximate surface area is 220 Å². The fourth-order valence-electron chi connectivity index (χ4n) is 4.28. The second-order valence-corrected chi connectivity index (χ2v) is 14.5. The number of ether oxygens (including phenoxy) is 1. The van der Waals surface area contributed by atoms with Crippen LogP contribution in [-0.4, -0.2) is 58.0 Å². The molecule has 2 aromatic rings. The number of carbonyl (C=O) groups is 1. The molecule has 2 aliphatic heterocycles. The number of urea groups is 1. The highest BCUT2D eigenvalue weighted by Crippen LogP contribution is 2.39. The minimum absolute atomic E-state index is 0.0224. The van der Waals surface area contributed by atoms with E-state index in [0.717, 1.165) is 24.1 Å². The van der Waals surface area contributed by atoms with Crippen molar-refractivity contribution < 1.29 is 22.5 Å². The van der Waals surface area contributed by atoms with Crippen molar-refractivity contribution in [3.63, 3.8) is 0 Å². The third kappa shape index (κ3) is 5.25. The molecule has 3 heterocycles. The van der Waals surface area contributed by atoms with Crippen LogP contribution in [0.4, 0.5) is 19.5 Å². The molecule has 8 nitrogen and oxygen atoms in total. The van der Waals surface area contributed by atoms with Crippen molar-refractivity contribution in [2.45, 2.75) is 59.5 Å². The Bertz CT molecular complexity index is 1250. The van der Waals surface area contributed by atoms with Crippen molar-refractivity contribution >= 4 is 52.6 Å². The van der Waals surface area contributed by atoms with Crippen LogP contribution in [-0.2, 0) is 32.9 Å². The second-order valence-electron chi connectivity index (χ2n) is 9.29. The minimum atomic E-state index is -3.78. The Morgan fingerprint density at radius 2 is 1.97 bits per heavy atom. The first-order valence-electron chi connectivity index (χ1n) is 11.4. The first-order chi connectivity index (χ1) is 17.0. The molecule has 2 amide bonds. The summed E-state index contributed by atoms with van der Waals surface area (Å²) in [6, 6.07) is 5.88. The fraction of sp³-hybridized carbons (Fsp3) is 0.458. The number of fused-ring (bicyclic) bond motifs is 1. The number of carbonyl (C=O) groups excluding carboxylic acids is 1. The average molecular weight is 634 g/mol. The SMILES string of the molecule is C=IC(F)(F)S(=C)(=O)c1ccc(CNC(=O)N2Cc3nc(NC4CCOCC4)ncc3C2(C)C)cc1. The molecule has 0 saturated carbocycles. The first-order valence-corrected chi connectivity index (χ1v) is 15.8. The number of rotatable bonds is 7. The number of benzene rings is 1. The van der Waals surface area contributed by atoms with E-state index < -0.39 is 39.1 Å². The molecule has 2 aliphatic rings. The maximum atomic E-state index is 14.0. The van der Waals surface area contributed by atoms with Crippen molar-refractivity contribution in [3.05, 3.63) is 47.3 Å². The number of aromatic nitrogens is 2. The van der Waals surface area contributed by atoms with Crippen molar-refractivity contribution in [2.75, 3.05) is 18.5 Å². The van der Waals surface area contributed by atoms with Crippen molar-refractivity contribution in [1.29, 1.82) is 0 Å². The van der Waals surface area contributed by atoms with Gasteiger partial charge >= 0.3 is 9.29 Å². The predicted molar refractivity (Wildman–Crippen MR) is 146 cm³/mol. The van der Waals surface area contributed by atoms with Gasteiger partial charge in [-0.15, -0.1) is 0 Å². The molecule has 1 fully saturated rings. The summed E-state index contributed by atoms with van der Waals surface area (Å²) >= 11 is -1.82. The molecule has 1 saturated heterocycles. The van der Waals surface area contributed by atoms with Crippen LogP contribution in [0, 0.1) is 0 Å². The molecule has 0 radical (unpaired) electrons. The van der Waals surface area contributed by atoms with E-state index in [1.807, 2.05) is 13.8 Å². The van der Waals surface area contributed by atoms with Crippen LogP contribution < -0.4 is 10.6 Å². The highest BCUT2D eigenvalue weighted by molar-refractivity contribution is 14.2. The lowest BCUT2D eigenvalue weighted by Gasteiger charge is -2.32. The summed E-state index contributed by atoms with van der Waals surface area (Å²) in [5.41, 5.74) is 1.76. The van der Waals surface area contributed by atoms with Crippen LogP contribution in [0.15, 0.2) is 35.4 Å². The van der Waals surface area contributed by atoms with Crippen LogP contribution in [0.3, 0.4) is 0 Å². The molecule has 1 aromatic carbocycles. The zero-order valence-corrected chi connectivity index (χ0v) is 23.2. The summed E-state index contributed by atoms with van der Waals surface area (Å²) in [4.78, 5) is 23.9. The maximum Gasteiger partial charge on any atom is 0.361 e. The van der Waals surface area contributed by atoms with Gasteiger partial charge < -0.3 is 20.3 Å². The highest BCUT2D eigenvalue weighted by atomic mass is 127. The topological polar surface area (TPSA) is 96.5 Å². The summed E-state index contributed by atoms with van der Waals surface area (Å²) in [7, 11) is -3.78. The summed E-state index contributed by atoms with van der Waals surface area (Å²) in [5, 5.41) is 6.24. The zero-order valence-electron chi connectivity index (χ0n) is 20.2. The van der Waals surface area contributed by atoms with E-state index in [0.29, 0.717) is 31.3 Å². The molecular weight excluding hydrogens is 603 g/mol. The smallest absolute Gasteiger partial charge is 0.361 e. The molecule has 196 valence electrons. The van der Waals surface area contributed by atoms with Crippen LogP contribution in [0.1, 0.15) is 43.5 Å². The van der Waals surface area contributed by atoms with E-state index in [1.165, 1.54) is 12.1 Å². The van der Waals surface area contributed by atoms with Gasteiger partial charge in [0.25, 0.3) is 0 Å². The van der Waals surface area contributed by atoms with Crippen LogP contribution >= 0.6 is 20.7 Å². The van der Waals surface area contributed by atoms with Crippen molar-refractivity contribution in [2.24, 2.45) is 0 Å². The van der Waals surface area contributed by atoms with Crippen molar-refractivity contribution in [1.82, 2.24) is 20.2 Å². The lowest BCUT2D eigenvalue weighted by atomic mass is 9.97. The standard InChI is InChI=1S/C24H30F2IN5O3S/c1-23(2)19-14-28-21(30-17-9-11-35-12-10-17)31-20(19)15-32(23)22(33)29-13-16-5-7-18(8-6-16)36(4,34)24(25,26)27-3/h5-8,14,17H,3-4,9-13,15H2,1-2H3,(H,29,33)(H,28,30,31). The van der Waals surface area contributed by atoms with Gasteiger partial charge in [-0.05, 0) is 71.0 Å². The Kier molecular flexibility index (Phi) is 7.68. The second kappa shape index (κ2) is 10.3. The van der Waals surface area contributed by atoms with E-state index in [1.54, 1.807) is 23.2 Å². The third-order valence-electron chi connectivity index (χ3n) is 6.59. The number of amides is 2. The van der Waals surface area contributed by atoms with E-state index in [2.05, 4.69) is 31.0 Å². The fourth-order valence-corrected chi connectivity index (χ4v) is 7.57. The summed E-state index contributed by atoms with van der Waals surface area (Å²) < 4.78 is 45.9. The largest absolute Gasteiger partial charge is 0.381 e. The normalized spacial score (nSPS) is 19.4. The van der Waals surface area contributed by atoms with Gasteiger partial charge in [0.15, 0.2) is 0 Å². The number of halogens is 3. The lowest BCUT2D eigenvalue weighted by Crippen LogP contribution is -2.45. The Morgan fingerprint density at radius 1 is 1.31 bits per heavy atom. The summed E-state index contributed by atoms with van der Waals surface area (Å²) in [6.07, 6.45) is 3.57. The molecule has 1 unspecified atom stereocenters. The summed E-state index contributed by atoms with van der Waals surface area (Å²) in [6.45, 7) is 5.83. The van der Waals surface area contributed by atoms with Gasteiger partial charge in [-0.25, -0.2) is 14.8 Å². The molecular formula is C24H30F2IN5O3S. The summed E-state index contributed by atoms with van der Waals surface area (Å²) in [5.74, 6) is 3.83. The van der Waals surface area contributed by atoms with Crippen LogP contribution in [0.5, 0.6) is 0 Å². The number of hydrogen-bond acceptors (Lipinski definition) is 6. The number of hydrogen-bond donors (Lipinski definition) is 2. The molecule has 4 rings (SSSR count).